The van der Waals surface area contributed by atoms with E-state index in [1.165, 1.54) is 5.75 Å². The molecule has 0 N–H and O–H groups in total. The zero-order chi connectivity index (χ0) is 14.0. The van der Waals surface area contributed by atoms with E-state index < -0.39 is 0 Å². The standard InChI is InChI=1S/C16H19BrO2S/c17-14-4-2-1-3-12(14)9-15(18)13-5-7-19-16(10-13)6-8-20-11-16/h1-4,13H,5-11H2. The number of carbonyl (C=O) groups is 1. The Bertz CT molecular complexity index is 497. The summed E-state index contributed by atoms with van der Waals surface area (Å²) in [5, 5.41) is 0. The molecule has 0 saturated carbocycles. The molecule has 4 heteroatoms. The van der Waals surface area contributed by atoms with Crippen molar-refractivity contribution < 1.29 is 9.53 Å². The highest BCUT2D eigenvalue weighted by Crippen LogP contribution is 2.40. The van der Waals surface area contributed by atoms with Crippen molar-refractivity contribution in [2.75, 3.05) is 18.1 Å². The predicted octanol–water partition coefficient (Wildman–Crippen LogP) is 3.86. The number of Topliss-reactive ketones (excluding diaryl/α,β-unsaturated/α-hetero) is 1. The average molecular weight is 355 g/mol. The van der Waals surface area contributed by atoms with Crippen molar-refractivity contribution in [1.82, 2.24) is 0 Å². The Kier molecular flexibility index (Phi) is 4.53. The van der Waals surface area contributed by atoms with Gasteiger partial charge in [0, 0.05) is 29.2 Å². The highest BCUT2D eigenvalue weighted by atomic mass is 79.9. The molecular weight excluding hydrogens is 336 g/mol. The SMILES string of the molecule is O=C(Cc1ccccc1Br)C1CCOC2(CCSC2)C1. The van der Waals surface area contributed by atoms with Gasteiger partial charge in [0.2, 0.25) is 0 Å². The summed E-state index contributed by atoms with van der Waals surface area (Å²) >= 11 is 5.48. The first-order valence-electron chi connectivity index (χ1n) is 7.16. The van der Waals surface area contributed by atoms with Crippen molar-refractivity contribution in [3.63, 3.8) is 0 Å². The van der Waals surface area contributed by atoms with Gasteiger partial charge in [-0.2, -0.15) is 11.8 Å². The van der Waals surface area contributed by atoms with Gasteiger partial charge in [0.25, 0.3) is 0 Å². The quantitative estimate of drug-likeness (QED) is 0.824. The topological polar surface area (TPSA) is 26.3 Å². The van der Waals surface area contributed by atoms with E-state index in [2.05, 4.69) is 15.9 Å². The third kappa shape index (κ3) is 3.12. The molecule has 1 spiro atoms. The number of thioether (sulfide) groups is 1. The average Bonchev–Trinajstić information content (AvgIpc) is 2.89. The highest BCUT2D eigenvalue weighted by Gasteiger charge is 2.42. The minimum absolute atomic E-state index is 0.00281. The molecule has 2 heterocycles. The lowest BCUT2D eigenvalue weighted by molar-refractivity contribution is -0.133. The molecule has 1 aromatic carbocycles. The van der Waals surface area contributed by atoms with Crippen LogP contribution in [0, 0.1) is 5.92 Å². The van der Waals surface area contributed by atoms with Gasteiger partial charge < -0.3 is 4.74 Å². The molecule has 2 fully saturated rings. The van der Waals surface area contributed by atoms with Crippen LogP contribution in [0.4, 0.5) is 0 Å². The summed E-state index contributed by atoms with van der Waals surface area (Å²) in [5.41, 5.74) is 1.09. The van der Waals surface area contributed by atoms with Crippen LogP contribution in [0.2, 0.25) is 0 Å². The molecule has 20 heavy (non-hydrogen) atoms. The summed E-state index contributed by atoms with van der Waals surface area (Å²) in [4.78, 5) is 12.6. The second-order valence-electron chi connectivity index (χ2n) is 5.76. The fraction of sp³-hybridized carbons (Fsp3) is 0.562. The van der Waals surface area contributed by atoms with Crippen molar-refractivity contribution in [1.29, 1.82) is 0 Å². The van der Waals surface area contributed by atoms with Gasteiger partial charge in [0.05, 0.1) is 5.60 Å². The van der Waals surface area contributed by atoms with E-state index in [1.807, 2.05) is 36.0 Å². The van der Waals surface area contributed by atoms with Crippen molar-refractivity contribution >= 4 is 33.5 Å². The number of benzene rings is 1. The lowest BCUT2D eigenvalue weighted by Crippen LogP contribution is -2.42. The maximum atomic E-state index is 12.6. The van der Waals surface area contributed by atoms with E-state index in [1.54, 1.807) is 0 Å². The summed E-state index contributed by atoms with van der Waals surface area (Å²) in [6.45, 7) is 0.743. The Labute approximate surface area is 132 Å². The fourth-order valence-electron chi connectivity index (χ4n) is 3.14. The Balaban J connectivity index is 1.66. The van der Waals surface area contributed by atoms with Crippen LogP contribution < -0.4 is 0 Å². The normalized spacial score (nSPS) is 29.8. The number of hydrogen-bond donors (Lipinski definition) is 0. The third-order valence-electron chi connectivity index (χ3n) is 4.34. The van der Waals surface area contributed by atoms with Gasteiger partial charge in [-0.3, -0.25) is 4.79 Å². The first-order chi connectivity index (χ1) is 9.69. The molecule has 0 radical (unpaired) electrons. The summed E-state index contributed by atoms with van der Waals surface area (Å²) in [6, 6.07) is 8.01. The largest absolute Gasteiger partial charge is 0.374 e. The minimum atomic E-state index is -0.00281. The minimum Gasteiger partial charge on any atom is -0.374 e. The van der Waals surface area contributed by atoms with Crippen LogP contribution >= 0.6 is 27.7 Å². The lowest BCUT2D eigenvalue weighted by Gasteiger charge is -2.37. The monoisotopic (exact) mass is 354 g/mol. The summed E-state index contributed by atoms with van der Waals surface area (Å²) < 4.78 is 7.03. The Morgan fingerprint density at radius 3 is 3.05 bits per heavy atom. The van der Waals surface area contributed by atoms with E-state index >= 15 is 0 Å². The molecule has 0 aromatic heterocycles. The van der Waals surface area contributed by atoms with Crippen LogP contribution in [-0.4, -0.2) is 29.5 Å². The Morgan fingerprint density at radius 2 is 2.30 bits per heavy atom. The van der Waals surface area contributed by atoms with Crippen molar-refractivity contribution in [3.05, 3.63) is 34.3 Å². The molecular formula is C16H19BrO2S. The third-order valence-corrected chi connectivity index (χ3v) is 6.33. The number of ketones is 1. The first kappa shape index (κ1) is 14.6. The van der Waals surface area contributed by atoms with Gasteiger partial charge in [-0.15, -0.1) is 0 Å². The molecule has 108 valence electrons. The molecule has 0 aliphatic carbocycles. The molecule has 0 bridgehead atoms. The Morgan fingerprint density at radius 1 is 1.45 bits per heavy atom. The fourth-order valence-corrected chi connectivity index (χ4v) is 4.94. The predicted molar refractivity (Wildman–Crippen MR) is 86.2 cm³/mol. The molecule has 2 atom stereocenters. The van der Waals surface area contributed by atoms with E-state index in [4.69, 9.17) is 4.74 Å². The number of carbonyl (C=O) groups excluding carboxylic acids is 1. The summed E-state index contributed by atoms with van der Waals surface area (Å²) in [6.07, 6.45) is 3.45. The molecule has 2 aliphatic heterocycles. The maximum Gasteiger partial charge on any atom is 0.140 e. The molecule has 3 rings (SSSR count). The molecule has 2 saturated heterocycles. The van der Waals surface area contributed by atoms with E-state index in [-0.39, 0.29) is 11.5 Å². The second kappa shape index (κ2) is 6.20. The van der Waals surface area contributed by atoms with Gasteiger partial charge in [-0.1, -0.05) is 34.1 Å². The van der Waals surface area contributed by atoms with Gasteiger partial charge in [0.1, 0.15) is 5.78 Å². The van der Waals surface area contributed by atoms with Gasteiger partial charge in [-0.25, -0.2) is 0 Å². The smallest absolute Gasteiger partial charge is 0.140 e. The van der Waals surface area contributed by atoms with E-state index in [0.29, 0.717) is 12.2 Å². The highest BCUT2D eigenvalue weighted by molar-refractivity contribution is 9.10. The van der Waals surface area contributed by atoms with Crippen LogP contribution in [0.15, 0.2) is 28.7 Å². The summed E-state index contributed by atoms with van der Waals surface area (Å²) in [5.74, 6) is 2.78. The number of ether oxygens (including phenoxy) is 1. The maximum absolute atomic E-state index is 12.6. The van der Waals surface area contributed by atoms with Crippen LogP contribution in [0.25, 0.3) is 0 Å². The lowest BCUT2D eigenvalue weighted by atomic mass is 9.81. The van der Waals surface area contributed by atoms with Crippen molar-refractivity contribution in [2.45, 2.75) is 31.3 Å². The van der Waals surface area contributed by atoms with E-state index in [0.717, 1.165) is 41.7 Å². The van der Waals surface area contributed by atoms with Crippen LogP contribution in [0.3, 0.4) is 0 Å². The zero-order valence-corrected chi connectivity index (χ0v) is 13.8. The Hall–Kier alpha value is -0.320. The molecule has 2 nitrogen and oxygen atoms in total. The second-order valence-corrected chi connectivity index (χ2v) is 7.72. The van der Waals surface area contributed by atoms with Crippen LogP contribution in [0.5, 0.6) is 0 Å². The molecule has 2 aliphatic rings. The number of rotatable bonds is 3. The van der Waals surface area contributed by atoms with Gasteiger partial charge in [-0.05, 0) is 36.6 Å². The van der Waals surface area contributed by atoms with Crippen molar-refractivity contribution in [3.8, 4) is 0 Å². The van der Waals surface area contributed by atoms with E-state index in [9.17, 15) is 4.79 Å². The van der Waals surface area contributed by atoms with Crippen LogP contribution in [-0.2, 0) is 16.0 Å². The van der Waals surface area contributed by atoms with Crippen LogP contribution in [0.1, 0.15) is 24.8 Å². The first-order valence-corrected chi connectivity index (χ1v) is 9.11. The molecule has 2 unspecified atom stereocenters. The van der Waals surface area contributed by atoms with Gasteiger partial charge >= 0.3 is 0 Å². The zero-order valence-electron chi connectivity index (χ0n) is 11.4. The van der Waals surface area contributed by atoms with Crippen molar-refractivity contribution in [2.24, 2.45) is 5.92 Å². The number of hydrogen-bond acceptors (Lipinski definition) is 3. The number of halogens is 1. The van der Waals surface area contributed by atoms with Gasteiger partial charge in [0.15, 0.2) is 0 Å². The summed E-state index contributed by atoms with van der Waals surface area (Å²) in [7, 11) is 0. The molecule has 0 amide bonds. The molecule has 1 aromatic rings.